The van der Waals surface area contributed by atoms with Gasteiger partial charge in [0.25, 0.3) is 5.91 Å². The number of aryl methyl sites for hydroxylation is 1. The van der Waals surface area contributed by atoms with Gasteiger partial charge in [0, 0.05) is 23.0 Å². The van der Waals surface area contributed by atoms with Crippen LogP contribution in [0.1, 0.15) is 16.2 Å². The fourth-order valence-corrected chi connectivity index (χ4v) is 3.72. The number of hydrogen-bond donors (Lipinski definition) is 1. The summed E-state index contributed by atoms with van der Waals surface area (Å²) in [5.41, 5.74) is 3.96. The van der Waals surface area contributed by atoms with Crippen molar-refractivity contribution in [1.82, 2.24) is 24.3 Å². The number of rotatable bonds is 7. The predicted molar refractivity (Wildman–Crippen MR) is 126 cm³/mol. The minimum atomic E-state index is -0.205. The number of nitrogens with zero attached hydrogens (tertiary/aromatic N) is 5. The topological polar surface area (TPSA) is 86.9 Å². The SMILES string of the molecule is Cc1nc2cc(C(=O)Nc3cccc(OCCn4cncn4)c3)ccc2n1-c1ccccc1. The lowest BCUT2D eigenvalue weighted by Crippen LogP contribution is -2.12. The number of nitrogens with one attached hydrogen (secondary N) is 1. The summed E-state index contributed by atoms with van der Waals surface area (Å²) < 4.78 is 9.55. The van der Waals surface area contributed by atoms with Gasteiger partial charge in [-0.05, 0) is 49.4 Å². The van der Waals surface area contributed by atoms with Crippen LogP contribution >= 0.6 is 0 Å². The third-order valence-electron chi connectivity index (χ3n) is 5.25. The van der Waals surface area contributed by atoms with Crippen LogP contribution in [0.2, 0.25) is 0 Å². The maximum Gasteiger partial charge on any atom is 0.255 e. The Hall–Kier alpha value is -4.46. The first-order valence-corrected chi connectivity index (χ1v) is 10.6. The second kappa shape index (κ2) is 8.96. The molecule has 5 aromatic rings. The third-order valence-corrected chi connectivity index (χ3v) is 5.25. The van der Waals surface area contributed by atoms with Crippen molar-refractivity contribution in [2.24, 2.45) is 0 Å². The molecule has 8 nitrogen and oxygen atoms in total. The Bertz CT molecular complexity index is 1390. The second-order valence-electron chi connectivity index (χ2n) is 7.52. The first-order valence-electron chi connectivity index (χ1n) is 10.6. The van der Waals surface area contributed by atoms with Crippen molar-refractivity contribution in [3.63, 3.8) is 0 Å². The first kappa shape index (κ1) is 20.4. The molecule has 33 heavy (non-hydrogen) atoms. The van der Waals surface area contributed by atoms with Crippen molar-refractivity contribution in [2.75, 3.05) is 11.9 Å². The molecule has 0 unspecified atom stereocenters. The van der Waals surface area contributed by atoms with Crippen LogP contribution in [0, 0.1) is 6.92 Å². The van der Waals surface area contributed by atoms with Gasteiger partial charge in [-0.25, -0.2) is 14.6 Å². The molecule has 164 valence electrons. The summed E-state index contributed by atoms with van der Waals surface area (Å²) >= 11 is 0. The molecule has 0 saturated carbocycles. The van der Waals surface area contributed by atoms with Crippen LogP contribution in [0.5, 0.6) is 5.75 Å². The predicted octanol–water partition coefficient (Wildman–Crippen LogP) is 4.26. The fraction of sp³-hybridized carbons (Fsp3) is 0.120. The molecule has 0 aliphatic carbocycles. The summed E-state index contributed by atoms with van der Waals surface area (Å²) in [7, 11) is 0. The zero-order valence-corrected chi connectivity index (χ0v) is 18.0. The lowest BCUT2D eigenvalue weighted by atomic mass is 10.1. The zero-order chi connectivity index (χ0) is 22.6. The molecule has 2 aromatic heterocycles. The maximum absolute atomic E-state index is 12.9. The minimum Gasteiger partial charge on any atom is -0.492 e. The standard InChI is InChI=1S/C25H22N6O2/c1-18-28-23-14-19(10-11-24(23)31(18)21-7-3-2-4-8-21)25(32)29-20-6-5-9-22(15-20)33-13-12-30-17-26-16-27-30/h2-11,14-17H,12-13H2,1H3,(H,29,32). The van der Waals surface area contributed by atoms with Crippen LogP contribution in [0.25, 0.3) is 16.7 Å². The van der Waals surface area contributed by atoms with Crippen molar-refractivity contribution in [1.29, 1.82) is 0 Å². The lowest BCUT2D eigenvalue weighted by molar-refractivity contribution is 0.102. The fourth-order valence-electron chi connectivity index (χ4n) is 3.72. The Labute approximate surface area is 190 Å². The normalized spacial score (nSPS) is 10.9. The maximum atomic E-state index is 12.9. The van der Waals surface area contributed by atoms with Gasteiger partial charge in [-0.1, -0.05) is 24.3 Å². The number of carbonyl (C=O) groups excluding carboxylic acids is 1. The highest BCUT2D eigenvalue weighted by Crippen LogP contribution is 2.23. The summed E-state index contributed by atoms with van der Waals surface area (Å²) in [6.07, 6.45) is 3.13. The van der Waals surface area contributed by atoms with Crippen LogP contribution < -0.4 is 10.1 Å². The molecular weight excluding hydrogens is 416 g/mol. The van der Waals surface area contributed by atoms with Crippen molar-refractivity contribution < 1.29 is 9.53 Å². The minimum absolute atomic E-state index is 0.205. The van der Waals surface area contributed by atoms with E-state index < -0.39 is 0 Å². The Morgan fingerprint density at radius 1 is 1.03 bits per heavy atom. The van der Waals surface area contributed by atoms with Crippen molar-refractivity contribution >= 4 is 22.6 Å². The number of imidazole rings is 1. The largest absolute Gasteiger partial charge is 0.492 e. The van der Waals surface area contributed by atoms with Gasteiger partial charge >= 0.3 is 0 Å². The van der Waals surface area contributed by atoms with Crippen LogP contribution in [-0.4, -0.2) is 36.8 Å². The average Bonchev–Trinajstić information content (AvgIpc) is 3.46. The third kappa shape index (κ3) is 4.45. The summed E-state index contributed by atoms with van der Waals surface area (Å²) in [6.45, 7) is 2.99. The number of para-hydroxylation sites is 1. The molecule has 1 N–H and O–H groups in total. The van der Waals surface area contributed by atoms with E-state index in [4.69, 9.17) is 4.74 Å². The van der Waals surface area contributed by atoms with E-state index in [9.17, 15) is 4.79 Å². The van der Waals surface area contributed by atoms with Crippen molar-refractivity contribution in [3.8, 4) is 11.4 Å². The molecule has 0 atom stereocenters. The molecule has 5 rings (SSSR count). The quantitative estimate of drug-likeness (QED) is 0.410. The molecule has 0 aliphatic rings. The molecule has 0 aliphatic heterocycles. The number of anilines is 1. The van der Waals surface area contributed by atoms with Gasteiger partial charge < -0.3 is 10.1 Å². The lowest BCUT2D eigenvalue weighted by Gasteiger charge is -2.10. The Kier molecular flexibility index (Phi) is 5.55. The molecular formula is C25H22N6O2. The number of ether oxygens (including phenoxy) is 1. The highest BCUT2D eigenvalue weighted by molar-refractivity contribution is 6.06. The number of hydrogen-bond acceptors (Lipinski definition) is 5. The van der Waals surface area contributed by atoms with E-state index in [1.807, 2.05) is 73.7 Å². The number of amides is 1. The molecule has 8 heteroatoms. The number of carbonyl (C=O) groups is 1. The van der Waals surface area contributed by atoms with Gasteiger partial charge in [0.05, 0.1) is 17.6 Å². The summed E-state index contributed by atoms with van der Waals surface area (Å²) in [4.78, 5) is 21.5. The van der Waals surface area contributed by atoms with Gasteiger partial charge in [-0.3, -0.25) is 9.36 Å². The molecule has 1 amide bonds. The van der Waals surface area contributed by atoms with Crippen molar-refractivity contribution in [2.45, 2.75) is 13.5 Å². The van der Waals surface area contributed by atoms with E-state index in [0.717, 1.165) is 22.5 Å². The summed E-state index contributed by atoms with van der Waals surface area (Å²) in [5.74, 6) is 1.33. The van der Waals surface area contributed by atoms with E-state index in [1.165, 1.54) is 6.33 Å². The van der Waals surface area contributed by atoms with E-state index in [-0.39, 0.29) is 5.91 Å². The van der Waals surface area contributed by atoms with Gasteiger partial charge in [0.15, 0.2) is 0 Å². The first-order chi connectivity index (χ1) is 16.2. The van der Waals surface area contributed by atoms with Crippen LogP contribution in [0.4, 0.5) is 5.69 Å². The van der Waals surface area contributed by atoms with Crippen LogP contribution in [0.15, 0.2) is 85.5 Å². The van der Waals surface area contributed by atoms with Crippen LogP contribution in [0.3, 0.4) is 0 Å². The molecule has 0 radical (unpaired) electrons. The smallest absolute Gasteiger partial charge is 0.255 e. The van der Waals surface area contributed by atoms with Gasteiger partial charge in [-0.2, -0.15) is 5.10 Å². The van der Waals surface area contributed by atoms with Gasteiger partial charge in [0.2, 0.25) is 0 Å². The number of aromatic nitrogens is 5. The molecule has 2 heterocycles. The average molecular weight is 438 g/mol. The monoisotopic (exact) mass is 438 g/mol. The molecule has 0 bridgehead atoms. The van der Waals surface area contributed by atoms with E-state index >= 15 is 0 Å². The van der Waals surface area contributed by atoms with E-state index in [2.05, 4.69) is 25.0 Å². The molecule has 0 spiro atoms. The zero-order valence-electron chi connectivity index (χ0n) is 18.0. The van der Waals surface area contributed by atoms with Gasteiger partial charge in [-0.15, -0.1) is 0 Å². The van der Waals surface area contributed by atoms with Gasteiger partial charge in [0.1, 0.15) is 30.8 Å². The Morgan fingerprint density at radius 2 is 1.91 bits per heavy atom. The van der Waals surface area contributed by atoms with E-state index in [1.54, 1.807) is 17.1 Å². The molecule has 0 saturated heterocycles. The van der Waals surface area contributed by atoms with Crippen LogP contribution in [-0.2, 0) is 6.54 Å². The number of fused-ring (bicyclic) bond motifs is 1. The molecule has 3 aromatic carbocycles. The second-order valence-corrected chi connectivity index (χ2v) is 7.52. The summed E-state index contributed by atoms with van der Waals surface area (Å²) in [6, 6.07) is 22.9. The number of benzene rings is 3. The highest BCUT2D eigenvalue weighted by Gasteiger charge is 2.13. The molecule has 0 fully saturated rings. The van der Waals surface area contributed by atoms with E-state index in [0.29, 0.717) is 30.2 Å². The Morgan fingerprint density at radius 3 is 2.73 bits per heavy atom. The van der Waals surface area contributed by atoms with Crippen molar-refractivity contribution in [3.05, 3.63) is 96.8 Å². The highest BCUT2D eigenvalue weighted by atomic mass is 16.5. The Balaban J connectivity index is 1.30. The summed E-state index contributed by atoms with van der Waals surface area (Å²) in [5, 5.41) is 6.98.